The van der Waals surface area contributed by atoms with Crippen LogP contribution in [0.25, 0.3) is 0 Å². The van der Waals surface area contributed by atoms with Crippen LogP contribution in [0.1, 0.15) is 0 Å². The molecule has 1 aliphatic rings. The minimum absolute atomic E-state index is 1.16. The summed E-state index contributed by atoms with van der Waals surface area (Å²) in [5.41, 5.74) is 0. The molecule has 0 aromatic rings. The molecule has 16 heavy (non-hydrogen) atoms. The van der Waals surface area contributed by atoms with Crippen LogP contribution in [0.3, 0.4) is 0 Å². The zero-order chi connectivity index (χ0) is 13.2. The molecule has 10 heteroatoms. The van der Waals surface area contributed by atoms with Crippen molar-refractivity contribution < 1.29 is 0 Å². The molecule has 0 amide bonds. The Balaban J connectivity index is 3.42. The Labute approximate surface area is 143 Å². The average Bonchev–Trinajstić information content (AvgIpc) is 2.12. The molecule has 0 aliphatic heterocycles. The van der Waals surface area contributed by atoms with Gasteiger partial charge in [-0.1, -0.05) is 92.8 Å². The Hall–Kier alpha value is 2.90. The molecule has 0 radical (unpaired) electrons. The molecule has 0 bridgehead atoms. The Bertz CT molecular complexity index is 264. The topological polar surface area (TPSA) is 0 Å². The van der Waals surface area contributed by atoms with Gasteiger partial charge in [-0.15, -0.1) is 23.2 Å². The lowest BCUT2D eigenvalue weighted by atomic mass is 9.95. The van der Waals surface area contributed by atoms with Gasteiger partial charge in [-0.3, -0.25) is 0 Å². The van der Waals surface area contributed by atoms with Gasteiger partial charge >= 0.3 is 0 Å². The largest absolute Gasteiger partial charge is 0.188 e. The van der Waals surface area contributed by atoms with Crippen LogP contribution >= 0.6 is 116 Å². The molecule has 1 saturated carbocycles. The maximum atomic E-state index is 5.93. The lowest BCUT2D eigenvalue weighted by molar-refractivity contribution is 0.420. The SMILES string of the molecule is ClC1C(Cl)C(Cl)(Cl)C(Cl)(Cl)C(Cl)(Cl)C1(Cl)Cl. The van der Waals surface area contributed by atoms with Crippen molar-refractivity contribution in [3.05, 3.63) is 0 Å². The number of alkyl halides is 10. The Kier molecular flexibility index (Phi) is 5.00. The number of hydrogen-bond donors (Lipinski definition) is 0. The maximum Gasteiger partial charge on any atom is 0.188 e. The first-order chi connectivity index (χ1) is 6.82. The van der Waals surface area contributed by atoms with Crippen LogP contribution in [0.15, 0.2) is 0 Å². The van der Waals surface area contributed by atoms with Crippen molar-refractivity contribution in [2.24, 2.45) is 0 Å². The molecule has 0 aromatic carbocycles. The van der Waals surface area contributed by atoms with E-state index in [9.17, 15) is 0 Å². The van der Waals surface area contributed by atoms with Gasteiger partial charge in [0.05, 0.1) is 10.8 Å². The van der Waals surface area contributed by atoms with Gasteiger partial charge in [0.25, 0.3) is 0 Å². The van der Waals surface area contributed by atoms with Crippen molar-refractivity contribution in [2.75, 3.05) is 0 Å². The quantitative estimate of drug-likeness (QED) is 0.421. The van der Waals surface area contributed by atoms with Crippen LogP contribution in [0.2, 0.25) is 0 Å². The van der Waals surface area contributed by atoms with E-state index >= 15 is 0 Å². The lowest BCUT2D eigenvalue weighted by Crippen LogP contribution is -2.71. The van der Waals surface area contributed by atoms with E-state index in [-0.39, 0.29) is 0 Å². The van der Waals surface area contributed by atoms with E-state index in [4.69, 9.17) is 116 Å². The number of halogens is 10. The highest BCUT2D eigenvalue weighted by Gasteiger charge is 2.77. The van der Waals surface area contributed by atoms with Crippen molar-refractivity contribution >= 4 is 116 Å². The van der Waals surface area contributed by atoms with E-state index in [2.05, 4.69) is 0 Å². The molecule has 0 spiro atoms. The second kappa shape index (κ2) is 4.72. The van der Waals surface area contributed by atoms with Crippen LogP contribution in [0, 0.1) is 0 Å². The van der Waals surface area contributed by atoms with E-state index < -0.39 is 28.1 Å². The fraction of sp³-hybridized carbons (Fsp3) is 1.00. The maximum absolute atomic E-state index is 5.93. The molecule has 0 N–H and O–H groups in total. The molecule has 0 aromatic heterocycles. The average molecular weight is 429 g/mol. The molecule has 2 unspecified atom stereocenters. The number of hydrogen-bond acceptors (Lipinski definition) is 0. The first-order valence-corrected chi connectivity index (χ1v) is 7.51. The van der Waals surface area contributed by atoms with Crippen molar-refractivity contribution in [1.82, 2.24) is 0 Å². The van der Waals surface area contributed by atoms with Gasteiger partial charge in [0.1, 0.15) is 0 Å². The summed E-state index contributed by atoms with van der Waals surface area (Å²) < 4.78 is -8.09. The third-order valence-electron chi connectivity index (χ3n) is 2.18. The molecule has 0 saturated heterocycles. The predicted molar refractivity (Wildman–Crippen MR) is 77.0 cm³/mol. The van der Waals surface area contributed by atoms with Gasteiger partial charge in [0.15, 0.2) is 17.3 Å². The van der Waals surface area contributed by atoms with Gasteiger partial charge in [-0.2, -0.15) is 0 Å². The lowest BCUT2D eigenvalue weighted by Gasteiger charge is -2.55. The zero-order valence-corrected chi connectivity index (χ0v) is 14.5. The standard InChI is InChI=1S/C6H2Cl10/c7-1-2(8)4(11,12)6(15,16)5(13,14)3(1,9)10/h1-2H. The second-order valence-electron chi connectivity index (χ2n) is 3.20. The highest BCUT2D eigenvalue weighted by Crippen LogP contribution is 2.69. The summed E-state index contributed by atoms with van der Waals surface area (Å²) in [5.74, 6) is 0. The number of rotatable bonds is 0. The van der Waals surface area contributed by atoms with Crippen molar-refractivity contribution in [2.45, 2.75) is 28.1 Å². The summed E-state index contributed by atoms with van der Waals surface area (Å²) in [6, 6.07) is 0. The molecule has 1 aliphatic carbocycles. The van der Waals surface area contributed by atoms with Gasteiger partial charge < -0.3 is 0 Å². The summed E-state index contributed by atoms with van der Waals surface area (Å²) in [6.45, 7) is 0. The first kappa shape index (κ1) is 17.0. The first-order valence-electron chi connectivity index (χ1n) is 3.61. The van der Waals surface area contributed by atoms with Crippen molar-refractivity contribution in [3.63, 3.8) is 0 Å². The summed E-state index contributed by atoms with van der Waals surface area (Å²) in [6.07, 6.45) is 0. The minimum atomic E-state index is -2.12. The van der Waals surface area contributed by atoms with Crippen molar-refractivity contribution in [3.8, 4) is 0 Å². The fourth-order valence-corrected chi connectivity index (χ4v) is 4.84. The smallest absolute Gasteiger partial charge is 0.118 e. The summed E-state index contributed by atoms with van der Waals surface area (Å²) in [7, 11) is 0. The highest BCUT2D eigenvalue weighted by atomic mass is 35.6. The summed E-state index contributed by atoms with van der Waals surface area (Å²) in [5, 5.41) is -2.32. The molecule has 0 heterocycles. The molecule has 0 nitrogen and oxygen atoms in total. The van der Waals surface area contributed by atoms with Crippen molar-refractivity contribution in [1.29, 1.82) is 0 Å². The van der Waals surface area contributed by atoms with E-state index in [0.717, 1.165) is 0 Å². The Morgan fingerprint density at radius 3 is 0.875 bits per heavy atom. The van der Waals surface area contributed by atoms with Gasteiger partial charge in [0, 0.05) is 0 Å². The predicted octanol–water partition coefficient (Wildman–Crippen LogP) is 5.91. The third-order valence-corrected chi connectivity index (χ3v) is 9.48. The highest BCUT2D eigenvalue weighted by molar-refractivity contribution is 6.76. The molecular weight excluding hydrogens is 427 g/mol. The Morgan fingerprint density at radius 2 is 0.688 bits per heavy atom. The van der Waals surface area contributed by atoms with Gasteiger partial charge in [-0.05, 0) is 0 Å². The van der Waals surface area contributed by atoms with E-state index in [1.807, 2.05) is 0 Å². The molecule has 1 rings (SSSR count). The van der Waals surface area contributed by atoms with E-state index in [0.29, 0.717) is 0 Å². The van der Waals surface area contributed by atoms with Crippen LogP contribution in [-0.4, -0.2) is 28.1 Å². The van der Waals surface area contributed by atoms with E-state index in [1.165, 1.54) is 0 Å². The second-order valence-corrected chi connectivity index (χ2v) is 9.57. The van der Waals surface area contributed by atoms with Crippen LogP contribution in [-0.2, 0) is 0 Å². The normalized spacial score (nSPS) is 39.4. The van der Waals surface area contributed by atoms with Crippen LogP contribution < -0.4 is 0 Å². The van der Waals surface area contributed by atoms with Crippen LogP contribution in [0.4, 0.5) is 0 Å². The van der Waals surface area contributed by atoms with Crippen LogP contribution in [0.5, 0.6) is 0 Å². The summed E-state index contributed by atoms with van der Waals surface area (Å²) in [4.78, 5) is 0. The molecular formula is C6H2Cl10. The van der Waals surface area contributed by atoms with Gasteiger partial charge in [-0.25, -0.2) is 0 Å². The third kappa shape index (κ3) is 2.03. The van der Waals surface area contributed by atoms with Gasteiger partial charge in [0.2, 0.25) is 0 Å². The van der Waals surface area contributed by atoms with E-state index in [1.54, 1.807) is 0 Å². The minimum Gasteiger partial charge on any atom is -0.118 e. The Morgan fingerprint density at radius 1 is 0.500 bits per heavy atom. The fourth-order valence-electron chi connectivity index (χ4n) is 1.13. The molecule has 96 valence electrons. The zero-order valence-electron chi connectivity index (χ0n) is 6.93. The summed E-state index contributed by atoms with van der Waals surface area (Å²) >= 11 is 59.2. The molecule has 1 fully saturated rings. The molecule has 2 atom stereocenters. The monoisotopic (exact) mass is 424 g/mol.